The number of thiophene rings is 1. The topological polar surface area (TPSA) is 71.5 Å². The van der Waals surface area contributed by atoms with Gasteiger partial charge in [0.05, 0.1) is 23.2 Å². The van der Waals surface area contributed by atoms with Crippen molar-refractivity contribution in [2.45, 2.75) is 32.8 Å². The number of rotatable bonds is 4. The highest BCUT2D eigenvalue weighted by Gasteiger charge is 2.36. The van der Waals surface area contributed by atoms with E-state index >= 15 is 0 Å². The normalized spacial score (nSPS) is 17.0. The Balaban J connectivity index is 2.23. The van der Waals surface area contributed by atoms with E-state index in [1.807, 2.05) is 37.4 Å². The van der Waals surface area contributed by atoms with Gasteiger partial charge < -0.3 is 15.2 Å². The Morgan fingerprint density at radius 1 is 1.43 bits per heavy atom. The molecule has 1 aliphatic rings. The second-order valence-electron chi connectivity index (χ2n) is 5.66. The minimum absolute atomic E-state index is 0.0433. The molecule has 0 aromatic carbocycles. The summed E-state index contributed by atoms with van der Waals surface area (Å²) in [6.45, 7) is 5.64. The van der Waals surface area contributed by atoms with Crippen LogP contribution >= 0.6 is 11.3 Å². The molecule has 1 aliphatic heterocycles. The van der Waals surface area contributed by atoms with Crippen molar-refractivity contribution >= 4 is 23.0 Å². The van der Waals surface area contributed by atoms with Gasteiger partial charge in [-0.05, 0) is 38.3 Å². The van der Waals surface area contributed by atoms with Crippen LogP contribution in [0, 0.1) is 0 Å². The summed E-state index contributed by atoms with van der Waals surface area (Å²) in [6.07, 6.45) is 1.63. The van der Waals surface area contributed by atoms with Crippen LogP contribution in [0.4, 0.5) is 5.69 Å². The van der Waals surface area contributed by atoms with Gasteiger partial charge in [-0.25, -0.2) is 9.78 Å². The Morgan fingerprint density at radius 3 is 2.83 bits per heavy atom. The van der Waals surface area contributed by atoms with Crippen LogP contribution in [0.5, 0.6) is 5.88 Å². The molecule has 0 saturated carbocycles. The fourth-order valence-electron chi connectivity index (χ4n) is 2.81. The molecule has 6 heteroatoms. The van der Waals surface area contributed by atoms with E-state index < -0.39 is 5.97 Å². The van der Waals surface area contributed by atoms with E-state index in [2.05, 4.69) is 10.3 Å². The highest BCUT2D eigenvalue weighted by molar-refractivity contribution is 7.10. The van der Waals surface area contributed by atoms with Crippen molar-refractivity contribution in [1.29, 1.82) is 0 Å². The number of aliphatic carboxylic acids is 1. The number of ether oxygens (including phenoxy) is 1. The molecule has 0 amide bonds. The van der Waals surface area contributed by atoms with Crippen LogP contribution in [-0.4, -0.2) is 22.2 Å². The second kappa shape index (κ2) is 6.04. The highest BCUT2D eigenvalue weighted by Crippen LogP contribution is 2.46. The van der Waals surface area contributed by atoms with Gasteiger partial charge in [-0.2, -0.15) is 0 Å². The monoisotopic (exact) mass is 330 g/mol. The molecule has 2 N–H and O–H groups in total. The number of aromatic nitrogens is 1. The van der Waals surface area contributed by atoms with Gasteiger partial charge in [-0.15, -0.1) is 11.3 Å². The predicted octanol–water partition coefficient (Wildman–Crippen LogP) is 3.85. The zero-order valence-electron chi connectivity index (χ0n) is 13.2. The fourth-order valence-corrected chi connectivity index (χ4v) is 3.66. The number of allylic oxidation sites excluding steroid dienone is 1. The number of fused-ring (bicyclic) bond motifs is 1. The van der Waals surface area contributed by atoms with Crippen molar-refractivity contribution in [3.05, 3.63) is 51.5 Å². The minimum atomic E-state index is -0.932. The van der Waals surface area contributed by atoms with Crippen LogP contribution in [0.15, 0.2) is 41.0 Å². The lowest BCUT2D eigenvalue weighted by molar-refractivity contribution is -0.132. The highest BCUT2D eigenvalue weighted by atomic mass is 32.1. The number of pyridine rings is 1. The molecule has 5 nitrogen and oxygen atoms in total. The number of carboxylic acids is 1. The van der Waals surface area contributed by atoms with Gasteiger partial charge in [0, 0.05) is 22.5 Å². The Hall–Kier alpha value is -2.34. The van der Waals surface area contributed by atoms with Gasteiger partial charge in [0.15, 0.2) is 0 Å². The zero-order valence-corrected chi connectivity index (χ0v) is 14.0. The number of hydrogen-bond donors (Lipinski definition) is 2. The van der Waals surface area contributed by atoms with Crippen molar-refractivity contribution in [3.8, 4) is 5.88 Å². The van der Waals surface area contributed by atoms with Crippen molar-refractivity contribution in [3.63, 3.8) is 0 Å². The van der Waals surface area contributed by atoms with Gasteiger partial charge in [-0.3, -0.25) is 0 Å². The summed E-state index contributed by atoms with van der Waals surface area (Å²) in [5.74, 6) is -0.834. The first-order chi connectivity index (χ1) is 11.0. The molecule has 0 spiro atoms. The maximum absolute atomic E-state index is 11.9. The predicted molar refractivity (Wildman–Crippen MR) is 90.1 cm³/mol. The third-order valence-electron chi connectivity index (χ3n) is 3.66. The van der Waals surface area contributed by atoms with Crippen molar-refractivity contribution in [2.24, 2.45) is 0 Å². The van der Waals surface area contributed by atoms with Gasteiger partial charge in [0.25, 0.3) is 0 Å². The van der Waals surface area contributed by atoms with Gasteiger partial charge >= 0.3 is 5.97 Å². The van der Waals surface area contributed by atoms with E-state index in [1.54, 1.807) is 13.1 Å². The molecule has 0 saturated heterocycles. The van der Waals surface area contributed by atoms with Crippen LogP contribution in [0.3, 0.4) is 0 Å². The number of nitrogens with one attached hydrogen (secondary N) is 1. The molecule has 0 radical (unpaired) electrons. The Morgan fingerprint density at radius 2 is 2.22 bits per heavy atom. The second-order valence-corrected chi connectivity index (χ2v) is 6.64. The Labute approximate surface area is 138 Å². The fraction of sp³-hybridized carbons (Fsp3) is 0.294. The van der Waals surface area contributed by atoms with Gasteiger partial charge in [0.1, 0.15) is 0 Å². The summed E-state index contributed by atoms with van der Waals surface area (Å²) >= 11 is 1.54. The molecule has 0 bridgehead atoms. The average molecular weight is 330 g/mol. The van der Waals surface area contributed by atoms with E-state index in [1.165, 1.54) is 11.3 Å². The van der Waals surface area contributed by atoms with Crippen LogP contribution in [0.2, 0.25) is 0 Å². The molecule has 0 fully saturated rings. The number of carbonyl (C=O) groups is 1. The van der Waals surface area contributed by atoms with Crippen LogP contribution in [0.1, 0.15) is 37.1 Å². The molecule has 23 heavy (non-hydrogen) atoms. The number of nitrogens with zero attached hydrogens (tertiary/aromatic N) is 1. The molecular formula is C17H18N2O3S. The number of hydrogen-bond acceptors (Lipinski definition) is 5. The van der Waals surface area contributed by atoms with E-state index in [9.17, 15) is 9.90 Å². The number of carboxylic acid groups (broad SMARTS) is 1. The van der Waals surface area contributed by atoms with Crippen molar-refractivity contribution < 1.29 is 14.6 Å². The molecule has 3 heterocycles. The lowest BCUT2D eigenvalue weighted by Crippen LogP contribution is -2.24. The maximum atomic E-state index is 11.9. The average Bonchev–Trinajstić information content (AvgIpc) is 2.98. The minimum Gasteiger partial charge on any atom is -0.478 e. The lowest BCUT2D eigenvalue weighted by Gasteiger charge is -2.29. The molecule has 2 aromatic heterocycles. The third kappa shape index (κ3) is 2.82. The lowest BCUT2D eigenvalue weighted by atomic mass is 9.85. The quantitative estimate of drug-likeness (QED) is 0.891. The van der Waals surface area contributed by atoms with Crippen molar-refractivity contribution in [2.75, 3.05) is 5.32 Å². The van der Waals surface area contributed by atoms with Gasteiger partial charge in [0.2, 0.25) is 5.88 Å². The Bertz CT molecular complexity index is 766. The smallest absolute Gasteiger partial charge is 0.334 e. The van der Waals surface area contributed by atoms with Crippen molar-refractivity contribution in [1.82, 2.24) is 4.98 Å². The first-order valence-corrected chi connectivity index (χ1v) is 8.27. The summed E-state index contributed by atoms with van der Waals surface area (Å²) in [7, 11) is 0. The summed E-state index contributed by atoms with van der Waals surface area (Å²) in [5.41, 5.74) is 2.61. The molecular weight excluding hydrogens is 312 g/mol. The van der Waals surface area contributed by atoms with Crippen LogP contribution < -0.4 is 10.1 Å². The van der Waals surface area contributed by atoms with Crippen LogP contribution in [0.25, 0.3) is 0 Å². The molecule has 1 unspecified atom stereocenters. The largest absolute Gasteiger partial charge is 0.478 e. The standard InChI is InChI=1S/C17H18N2O3S/c1-9(2)22-16-14-11(6-7-18-16)19-10(3)13(17(20)21)15(14)12-5-4-8-23-12/h4-9,15,19H,1-3H3,(H,20,21). The Kier molecular flexibility index (Phi) is 4.09. The van der Waals surface area contributed by atoms with Crippen LogP contribution in [-0.2, 0) is 4.79 Å². The van der Waals surface area contributed by atoms with E-state index in [0.717, 1.165) is 16.1 Å². The third-order valence-corrected chi connectivity index (χ3v) is 4.60. The summed E-state index contributed by atoms with van der Waals surface area (Å²) < 4.78 is 5.84. The summed E-state index contributed by atoms with van der Waals surface area (Å²) in [5, 5.41) is 14.9. The molecule has 120 valence electrons. The zero-order chi connectivity index (χ0) is 16.6. The molecule has 0 aliphatic carbocycles. The molecule has 3 rings (SSSR count). The first-order valence-electron chi connectivity index (χ1n) is 7.39. The first kappa shape index (κ1) is 15.6. The number of anilines is 1. The van der Waals surface area contributed by atoms with E-state index in [4.69, 9.17) is 4.74 Å². The van der Waals surface area contributed by atoms with E-state index in [-0.39, 0.29) is 12.0 Å². The summed E-state index contributed by atoms with van der Waals surface area (Å²) in [6, 6.07) is 5.73. The van der Waals surface area contributed by atoms with Gasteiger partial charge in [-0.1, -0.05) is 6.07 Å². The summed E-state index contributed by atoms with van der Waals surface area (Å²) in [4.78, 5) is 17.2. The molecule has 1 atom stereocenters. The molecule has 2 aromatic rings. The SMILES string of the molecule is CC1=C(C(=O)O)C(c2cccs2)c2c(ccnc2OC(C)C)N1. The van der Waals surface area contributed by atoms with E-state index in [0.29, 0.717) is 17.2 Å². The maximum Gasteiger partial charge on any atom is 0.334 e.